The number of rotatable bonds is 6. The van der Waals surface area contributed by atoms with Gasteiger partial charge in [0.15, 0.2) is 5.76 Å². The van der Waals surface area contributed by atoms with Crippen molar-refractivity contribution >= 4 is 11.6 Å². The van der Waals surface area contributed by atoms with E-state index in [0.717, 1.165) is 5.69 Å². The van der Waals surface area contributed by atoms with Crippen LogP contribution in [0.5, 0.6) is 0 Å². The van der Waals surface area contributed by atoms with Gasteiger partial charge in [-0.05, 0) is 24.3 Å². The van der Waals surface area contributed by atoms with E-state index >= 15 is 0 Å². The standard InChI is InChI=1S/C13H14FN3O2/c14-10-1-3-11(4-2-10)17(8-6-13(15)18)9-12-5-7-16-19-12/h1-5,7H,6,8-9H2,(H2,15,18). The lowest BCUT2D eigenvalue weighted by Gasteiger charge is -2.22. The molecule has 0 unspecified atom stereocenters. The van der Waals surface area contributed by atoms with Gasteiger partial charge in [-0.3, -0.25) is 4.79 Å². The van der Waals surface area contributed by atoms with E-state index in [1.54, 1.807) is 24.4 Å². The molecule has 5 nitrogen and oxygen atoms in total. The van der Waals surface area contributed by atoms with Crippen molar-refractivity contribution in [3.8, 4) is 0 Å². The maximum atomic E-state index is 12.9. The van der Waals surface area contributed by atoms with Crippen molar-refractivity contribution in [2.45, 2.75) is 13.0 Å². The van der Waals surface area contributed by atoms with Crippen molar-refractivity contribution in [2.75, 3.05) is 11.4 Å². The number of hydrogen-bond donors (Lipinski definition) is 1. The van der Waals surface area contributed by atoms with E-state index < -0.39 is 0 Å². The van der Waals surface area contributed by atoms with Crippen LogP contribution in [-0.4, -0.2) is 17.6 Å². The molecule has 0 aliphatic rings. The molecule has 2 N–H and O–H groups in total. The highest BCUT2D eigenvalue weighted by atomic mass is 19.1. The summed E-state index contributed by atoms with van der Waals surface area (Å²) >= 11 is 0. The molecule has 100 valence electrons. The lowest BCUT2D eigenvalue weighted by atomic mass is 10.2. The zero-order chi connectivity index (χ0) is 13.7. The monoisotopic (exact) mass is 263 g/mol. The fourth-order valence-corrected chi connectivity index (χ4v) is 1.71. The number of halogens is 1. The van der Waals surface area contributed by atoms with Crippen molar-refractivity contribution in [1.29, 1.82) is 0 Å². The lowest BCUT2D eigenvalue weighted by molar-refractivity contribution is -0.117. The van der Waals surface area contributed by atoms with Crippen molar-refractivity contribution in [2.24, 2.45) is 5.73 Å². The summed E-state index contributed by atoms with van der Waals surface area (Å²) in [5.41, 5.74) is 5.95. The first-order valence-electron chi connectivity index (χ1n) is 5.83. The van der Waals surface area contributed by atoms with Crippen LogP contribution in [0.4, 0.5) is 10.1 Å². The Kier molecular flexibility index (Phi) is 4.12. The number of nitrogens with two attached hydrogens (primary N) is 1. The molecule has 2 rings (SSSR count). The van der Waals surface area contributed by atoms with Crippen molar-refractivity contribution in [3.63, 3.8) is 0 Å². The first kappa shape index (κ1) is 13.1. The summed E-state index contributed by atoms with van der Waals surface area (Å²) in [6.45, 7) is 0.876. The molecule has 0 aliphatic heterocycles. The summed E-state index contributed by atoms with van der Waals surface area (Å²) in [7, 11) is 0. The topological polar surface area (TPSA) is 72.4 Å². The van der Waals surface area contributed by atoms with Gasteiger partial charge in [0.05, 0.1) is 12.7 Å². The number of aromatic nitrogens is 1. The molecule has 1 aromatic carbocycles. The summed E-state index contributed by atoms with van der Waals surface area (Å²) in [5.74, 6) is -0.0308. The maximum Gasteiger partial charge on any atom is 0.219 e. The highest BCUT2D eigenvalue weighted by Gasteiger charge is 2.11. The fourth-order valence-electron chi connectivity index (χ4n) is 1.71. The van der Waals surface area contributed by atoms with Crippen LogP contribution in [-0.2, 0) is 11.3 Å². The predicted molar refractivity (Wildman–Crippen MR) is 67.8 cm³/mol. The SMILES string of the molecule is NC(=O)CCN(Cc1ccno1)c1ccc(F)cc1. The molecule has 0 saturated heterocycles. The second kappa shape index (κ2) is 5.99. The third-order valence-corrected chi connectivity index (χ3v) is 2.66. The van der Waals surface area contributed by atoms with Crippen LogP contribution in [0.3, 0.4) is 0 Å². The van der Waals surface area contributed by atoms with Gasteiger partial charge in [0.2, 0.25) is 5.91 Å². The third kappa shape index (κ3) is 3.80. The Morgan fingerprint density at radius 3 is 2.63 bits per heavy atom. The Balaban J connectivity index is 2.13. The van der Waals surface area contributed by atoms with Crippen molar-refractivity contribution in [1.82, 2.24) is 5.16 Å². The molecular weight excluding hydrogens is 249 g/mol. The first-order chi connectivity index (χ1) is 9.15. The molecule has 1 heterocycles. The lowest BCUT2D eigenvalue weighted by Crippen LogP contribution is -2.27. The number of carbonyl (C=O) groups is 1. The van der Waals surface area contributed by atoms with Crippen molar-refractivity contribution in [3.05, 3.63) is 48.1 Å². The minimum absolute atomic E-state index is 0.214. The smallest absolute Gasteiger partial charge is 0.219 e. The molecule has 0 bridgehead atoms. The van der Waals surface area contributed by atoms with Gasteiger partial charge in [-0.1, -0.05) is 5.16 Å². The average Bonchev–Trinajstić information content (AvgIpc) is 2.88. The Labute approximate surface area is 109 Å². The molecule has 6 heteroatoms. The zero-order valence-corrected chi connectivity index (χ0v) is 10.3. The van der Waals surface area contributed by atoms with Gasteiger partial charge in [-0.2, -0.15) is 0 Å². The van der Waals surface area contributed by atoms with Crippen LogP contribution in [0.2, 0.25) is 0 Å². The van der Waals surface area contributed by atoms with E-state index in [1.165, 1.54) is 12.1 Å². The number of carbonyl (C=O) groups excluding carboxylic acids is 1. The predicted octanol–water partition coefficient (Wildman–Crippen LogP) is 1.70. The summed E-state index contributed by atoms with van der Waals surface area (Å²) in [4.78, 5) is 12.8. The molecule has 0 saturated carbocycles. The molecule has 1 amide bonds. The van der Waals surface area contributed by atoms with Gasteiger partial charge in [0, 0.05) is 24.7 Å². The first-order valence-corrected chi connectivity index (χ1v) is 5.83. The average molecular weight is 263 g/mol. The van der Waals surface area contributed by atoms with E-state index in [1.807, 2.05) is 4.90 Å². The Morgan fingerprint density at radius 2 is 2.05 bits per heavy atom. The van der Waals surface area contributed by atoms with Crippen molar-refractivity contribution < 1.29 is 13.7 Å². The molecule has 0 fully saturated rings. The largest absolute Gasteiger partial charge is 0.370 e. The number of primary amides is 1. The molecule has 0 atom stereocenters. The minimum atomic E-state index is -0.385. The van der Waals surface area contributed by atoms with Crippen LogP contribution in [0, 0.1) is 5.82 Å². The van der Waals surface area contributed by atoms with Crippen LogP contribution < -0.4 is 10.6 Å². The number of nitrogens with zero attached hydrogens (tertiary/aromatic N) is 2. The molecule has 0 aliphatic carbocycles. The zero-order valence-electron chi connectivity index (χ0n) is 10.3. The van der Waals surface area contributed by atoms with E-state index in [2.05, 4.69) is 5.16 Å². The van der Waals surface area contributed by atoms with Gasteiger partial charge in [-0.25, -0.2) is 4.39 Å². The van der Waals surface area contributed by atoms with Gasteiger partial charge in [0.25, 0.3) is 0 Å². The minimum Gasteiger partial charge on any atom is -0.370 e. The van der Waals surface area contributed by atoms with Gasteiger partial charge < -0.3 is 15.2 Å². The quantitative estimate of drug-likeness (QED) is 0.860. The third-order valence-electron chi connectivity index (χ3n) is 2.66. The maximum absolute atomic E-state index is 12.9. The molecular formula is C13H14FN3O2. The van der Waals surface area contributed by atoms with E-state index in [4.69, 9.17) is 10.3 Å². The van der Waals surface area contributed by atoms with Gasteiger partial charge >= 0.3 is 0 Å². The van der Waals surface area contributed by atoms with Crippen LogP contribution in [0.15, 0.2) is 41.1 Å². The Bertz CT molecular complexity index is 525. The number of anilines is 1. The van der Waals surface area contributed by atoms with Crippen LogP contribution in [0.25, 0.3) is 0 Å². The van der Waals surface area contributed by atoms with Crippen LogP contribution >= 0.6 is 0 Å². The normalized spacial score (nSPS) is 10.4. The molecule has 2 aromatic rings. The second-order valence-electron chi connectivity index (χ2n) is 4.09. The fraction of sp³-hybridized carbons (Fsp3) is 0.231. The van der Waals surface area contributed by atoms with E-state index in [-0.39, 0.29) is 18.1 Å². The van der Waals surface area contributed by atoms with Crippen LogP contribution in [0.1, 0.15) is 12.2 Å². The second-order valence-corrected chi connectivity index (χ2v) is 4.09. The Morgan fingerprint density at radius 1 is 1.32 bits per heavy atom. The molecule has 0 spiro atoms. The summed E-state index contributed by atoms with van der Waals surface area (Å²) in [5, 5.41) is 3.62. The van der Waals surface area contributed by atoms with E-state index in [0.29, 0.717) is 18.8 Å². The summed E-state index contributed by atoms with van der Waals surface area (Å²) in [6.07, 6.45) is 1.76. The molecule has 1 aromatic heterocycles. The summed E-state index contributed by atoms with van der Waals surface area (Å²) in [6, 6.07) is 7.76. The summed E-state index contributed by atoms with van der Waals surface area (Å²) < 4.78 is 18.0. The number of hydrogen-bond acceptors (Lipinski definition) is 4. The van der Waals surface area contributed by atoms with Gasteiger partial charge in [-0.15, -0.1) is 0 Å². The molecule has 19 heavy (non-hydrogen) atoms. The number of benzene rings is 1. The number of amides is 1. The van der Waals surface area contributed by atoms with E-state index in [9.17, 15) is 9.18 Å². The Hall–Kier alpha value is -2.37. The highest BCUT2D eigenvalue weighted by molar-refractivity contribution is 5.74. The highest BCUT2D eigenvalue weighted by Crippen LogP contribution is 2.18. The molecule has 0 radical (unpaired) electrons. The van der Waals surface area contributed by atoms with Gasteiger partial charge in [0.1, 0.15) is 5.82 Å².